The number of carbonyl (C=O) groups excluding carboxylic acids is 1. The quantitative estimate of drug-likeness (QED) is 0.171. The first-order chi connectivity index (χ1) is 20.5. The van der Waals surface area contributed by atoms with Crippen molar-refractivity contribution in [1.82, 2.24) is 9.88 Å². The molecule has 0 aliphatic carbocycles. The molecule has 0 bridgehead atoms. The first-order valence-electron chi connectivity index (χ1n) is 14.2. The Bertz CT molecular complexity index is 1690. The molecule has 4 aromatic carbocycles. The van der Waals surface area contributed by atoms with Crippen LogP contribution in [0.2, 0.25) is 0 Å². The SMILES string of the molecule is COc1cc(NC(C)CCCN(Cc2ccc(OC)c(OC)c2)C(=O)c2ccc3ccccc3c2)c2ncccc2c1. The van der Waals surface area contributed by atoms with Gasteiger partial charge in [0, 0.05) is 42.3 Å². The third-order valence-electron chi connectivity index (χ3n) is 7.49. The first kappa shape index (κ1) is 28.7. The number of aromatic nitrogens is 1. The van der Waals surface area contributed by atoms with Crippen molar-refractivity contribution in [3.63, 3.8) is 0 Å². The van der Waals surface area contributed by atoms with Gasteiger partial charge in [0.15, 0.2) is 11.5 Å². The van der Waals surface area contributed by atoms with Crippen LogP contribution in [0.25, 0.3) is 21.7 Å². The highest BCUT2D eigenvalue weighted by Gasteiger charge is 2.19. The third kappa shape index (κ3) is 6.57. The Kier molecular flexibility index (Phi) is 9.07. The zero-order valence-electron chi connectivity index (χ0n) is 24.6. The van der Waals surface area contributed by atoms with E-state index in [1.165, 1.54) is 0 Å². The van der Waals surface area contributed by atoms with E-state index in [4.69, 9.17) is 14.2 Å². The van der Waals surface area contributed by atoms with E-state index in [2.05, 4.69) is 23.3 Å². The highest BCUT2D eigenvalue weighted by Crippen LogP contribution is 2.30. The second-order valence-corrected chi connectivity index (χ2v) is 10.4. The average Bonchev–Trinajstić information content (AvgIpc) is 3.03. The zero-order chi connectivity index (χ0) is 29.5. The number of hydrogen-bond donors (Lipinski definition) is 1. The van der Waals surface area contributed by atoms with Gasteiger partial charge in [-0.3, -0.25) is 9.78 Å². The summed E-state index contributed by atoms with van der Waals surface area (Å²) in [6.07, 6.45) is 3.48. The predicted octanol–water partition coefficient (Wildman–Crippen LogP) is 7.34. The molecule has 1 unspecified atom stereocenters. The molecule has 0 fully saturated rings. The Balaban J connectivity index is 1.33. The van der Waals surface area contributed by atoms with Crippen LogP contribution in [0.3, 0.4) is 0 Å². The van der Waals surface area contributed by atoms with Gasteiger partial charge in [-0.15, -0.1) is 0 Å². The van der Waals surface area contributed by atoms with Crippen molar-refractivity contribution >= 4 is 33.3 Å². The van der Waals surface area contributed by atoms with E-state index in [-0.39, 0.29) is 11.9 Å². The van der Waals surface area contributed by atoms with Crippen LogP contribution in [0.15, 0.2) is 91.1 Å². The maximum atomic E-state index is 13.9. The lowest BCUT2D eigenvalue weighted by molar-refractivity contribution is 0.0739. The van der Waals surface area contributed by atoms with E-state index >= 15 is 0 Å². The fourth-order valence-corrected chi connectivity index (χ4v) is 5.28. The molecule has 1 amide bonds. The van der Waals surface area contributed by atoms with Gasteiger partial charge >= 0.3 is 0 Å². The third-order valence-corrected chi connectivity index (χ3v) is 7.49. The lowest BCUT2D eigenvalue weighted by Gasteiger charge is -2.25. The smallest absolute Gasteiger partial charge is 0.254 e. The highest BCUT2D eigenvalue weighted by molar-refractivity contribution is 5.98. The first-order valence-corrected chi connectivity index (χ1v) is 14.2. The summed E-state index contributed by atoms with van der Waals surface area (Å²) >= 11 is 0. The van der Waals surface area contributed by atoms with Crippen LogP contribution in [-0.4, -0.2) is 49.7 Å². The molecule has 5 rings (SSSR count). The lowest BCUT2D eigenvalue weighted by Crippen LogP contribution is -2.32. The predicted molar refractivity (Wildman–Crippen MR) is 169 cm³/mol. The number of amides is 1. The fraction of sp³-hybridized carbons (Fsp3) is 0.257. The summed E-state index contributed by atoms with van der Waals surface area (Å²) in [5.41, 5.74) is 3.50. The van der Waals surface area contributed by atoms with Gasteiger partial charge in [-0.05, 0) is 72.5 Å². The summed E-state index contributed by atoms with van der Waals surface area (Å²) in [5.74, 6) is 2.09. The maximum Gasteiger partial charge on any atom is 0.254 e. The van der Waals surface area contributed by atoms with Gasteiger partial charge in [-0.25, -0.2) is 0 Å². The normalized spacial score (nSPS) is 11.7. The fourth-order valence-electron chi connectivity index (χ4n) is 5.28. The number of benzene rings is 4. The van der Waals surface area contributed by atoms with E-state index in [0.29, 0.717) is 30.2 Å². The molecule has 7 heteroatoms. The van der Waals surface area contributed by atoms with E-state index in [0.717, 1.165) is 51.5 Å². The Labute approximate surface area is 247 Å². The van der Waals surface area contributed by atoms with E-state index in [1.54, 1.807) is 27.5 Å². The summed E-state index contributed by atoms with van der Waals surface area (Å²) in [6.45, 7) is 3.21. The molecule has 1 heterocycles. The molecular weight excluding hydrogens is 526 g/mol. The second-order valence-electron chi connectivity index (χ2n) is 10.4. The summed E-state index contributed by atoms with van der Waals surface area (Å²) < 4.78 is 16.4. The number of methoxy groups -OCH3 is 3. The Morgan fingerprint density at radius 1 is 0.833 bits per heavy atom. The van der Waals surface area contributed by atoms with Gasteiger partial charge in [0.05, 0.1) is 32.5 Å². The van der Waals surface area contributed by atoms with Crippen LogP contribution in [0, 0.1) is 0 Å². The molecule has 0 saturated carbocycles. The second kappa shape index (κ2) is 13.3. The van der Waals surface area contributed by atoms with Crippen LogP contribution < -0.4 is 19.5 Å². The molecule has 1 N–H and O–H groups in total. The van der Waals surface area contributed by atoms with Gasteiger partial charge in [-0.1, -0.05) is 42.5 Å². The number of pyridine rings is 1. The van der Waals surface area contributed by atoms with Crippen LogP contribution >= 0.6 is 0 Å². The van der Waals surface area contributed by atoms with Crippen molar-refractivity contribution in [3.8, 4) is 17.2 Å². The lowest BCUT2D eigenvalue weighted by atomic mass is 10.1. The summed E-state index contributed by atoms with van der Waals surface area (Å²) in [4.78, 5) is 20.4. The Morgan fingerprint density at radius 2 is 1.62 bits per heavy atom. The minimum absolute atomic E-state index is 0.000796. The van der Waals surface area contributed by atoms with Crippen molar-refractivity contribution in [3.05, 3.63) is 102 Å². The minimum Gasteiger partial charge on any atom is -0.497 e. The molecule has 0 aliphatic rings. The van der Waals surface area contributed by atoms with Gasteiger partial charge in [0.1, 0.15) is 5.75 Å². The van der Waals surface area contributed by atoms with Gasteiger partial charge < -0.3 is 24.4 Å². The van der Waals surface area contributed by atoms with Crippen molar-refractivity contribution < 1.29 is 19.0 Å². The van der Waals surface area contributed by atoms with E-state index in [9.17, 15) is 4.79 Å². The molecular formula is C35H37N3O4. The van der Waals surface area contributed by atoms with Crippen molar-refractivity contribution in [2.45, 2.75) is 32.4 Å². The average molecular weight is 564 g/mol. The van der Waals surface area contributed by atoms with Crippen LogP contribution in [0.4, 0.5) is 5.69 Å². The van der Waals surface area contributed by atoms with Gasteiger partial charge in [0.25, 0.3) is 5.91 Å². The molecule has 0 radical (unpaired) electrons. The topological polar surface area (TPSA) is 72.9 Å². The van der Waals surface area contributed by atoms with E-state index in [1.807, 2.05) is 83.8 Å². The van der Waals surface area contributed by atoms with Gasteiger partial charge in [0.2, 0.25) is 0 Å². The standard InChI is InChI=1S/C35H37N3O4/c1-24(37-31-22-30(40-2)21-28-12-7-17-36-34(28)31)9-8-18-38(23-25-13-16-32(41-3)33(19-25)42-4)35(39)29-15-14-26-10-5-6-11-27(26)20-29/h5-7,10-17,19-22,24,37H,8-9,18,23H2,1-4H3. The molecule has 0 spiro atoms. The number of ether oxygens (including phenoxy) is 3. The molecule has 42 heavy (non-hydrogen) atoms. The molecule has 216 valence electrons. The number of anilines is 1. The largest absolute Gasteiger partial charge is 0.497 e. The number of nitrogens with one attached hydrogen (secondary N) is 1. The van der Waals surface area contributed by atoms with Crippen molar-refractivity contribution in [1.29, 1.82) is 0 Å². The number of hydrogen-bond acceptors (Lipinski definition) is 6. The van der Waals surface area contributed by atoms with Crippen molar-refractivity contribution in [2.24, 2.45) is 0 Å². The number of carbonyl (C=O) groups is 1. The molecule has 0 saturated heterocycles. The van der Waals surface area contributed by atoms with Crippen LogP contribution in [0.1, 0.15) is 35.7 Å². The zero-order valence-corrected chi connectivity index (χ0v) is 24.6. The molecule has 5 aromatic rings. The molecule has 0 aliphatic heterocycles. The van der Waals surface area contributed by atoms with Crippen LogP contribution in [-0.2, 0) is 6.54 Å². The molecule has 7 nitrogen and oxygen atoms in total. The van der Waals surface area contributed by atoms with Crippen molar-refractivity contribution in [2.75, 3.05) is 33.2 Å². The van der Waals surface area contributed by atoms with Gasteiger partial charge in [-0.2, -0.15) is 0 Å². The summed E-state index contributed by atoms with van der Waals surface area (Å²) in [7, 11) is 4.91. The maximum absolute atomic E-state index is 13.9. The molecule has 1 atom stereocenters. The number of rotatable bonds is 12. The minimum atomic E-state index is -0.000796. The molecule has 1 aromatic heterocycles. The Morgan fingerprint density at radius 3 is 2.40 bits per heavy atom. The summed E-state index contributed by atoms with van der Waals surface area (Å²) in [6, 6.07) is 27.9. The van der Waals surface area contributed by atoms with Crippen LogP contribution in [0.5, 0.6) is 17.2 Å². The summed E-state index contributed by atoms with van der Waals surface area (Å²) in [5, 5.41) is 6.80. The number of fused-ring (bicyclic) bond motifs is 2. The highest BCUT2D eigenvalue weighted by atomic mass is 16.5. The number of nitrogens with zero attached hydrogens (tertiary/aromatic N) is 2. The van der Waals surface area contributed by atoms with E-state index < -0.39 is 0 Å². The Hall–Kier alpha value is -4.78. The monoisotopic (exact) mass is 563 g/mol.